The second-order valence-corrected chi connectivity index (χ2v) is 6.41. The van der Waals surface area contributed by atoms with Gasteiger partial charge in [0.25, 0.3) is 5.91 Å². The first kappa shape index (κ1) is 16.5. The van der Waals surface area contributed by atoms with Crippen molar-refractivity contribution in [3.63, 3.8) is 0 Å². The topological polar surface area (TPSA) is 65.5 Å². The van der Waals surface area contributed by atoms with Crippen LogP contribution in [0.15, 0.2) is 54.6 Å². The molecule has 3 aromatic rings. The number of benzene rings is 2. The second kappa shape index (κ2) is 6.72. The molecule has 0 bridgehead atoms. The molecule has 1 fully saturated rings. The summed E-state index contributed by atoms with van der Waals surface area (Å²) >= 11 is 0. The predicted octanol–water partition coefficient (Wildman–Crippen LogP) is 3.83. The van der Waals surface area contributed by atoms with Gasteiger partial charge in [0.1, 0.15) is 5.82 Å². The lowest BCUT2D eigenvalue weighted by Crippen LogP contribution is -2.23. The molecule has 26 heavy (non-hydrogen) atoms. The minimum absolute atomic E-state index is 0.141. The van der Waals surface area contributed by atoms with E-state index in [4.69, 9.17) is 10.2 Å². The van der Waals surface area contributed by atoms with E-state index in [9.17, 15) is 9.18 Å². The summed E-state index contributed by atoms with van der Waals surface area (Å²) in [6.07, 6.45) is 2.03. The van der Waals surface area contributed by atoms with Crippen LogP contribution >= 0.6 is 0 Å². The van der Waals surface area contributed by atoms with Crippen molar-refractivity contribution in [2.24, 2.45) is 0 Å². The van der Waals surface area contributed by atoms with Crippen LogP contribution in [0.3, 0.4) is 0 Å². The molecule has 1 amide bonds. The Morgan fingerprint density at radius 1 is 1.15 bits per heavy atom. The maximum Gasteiger partial charge on any atom is 0.274 e. The summed E-state index contributed by atoms with van der Waals surface area (Å²) in [6, 6.07) is 15.8. The van der Waals surface area contributed by atoms with Crippen LogP contribution in [0.1, 0.15) is 34.9 Å². The molecular formula is C20H18FN3O2. The SMILES string of the molecule is O=C(NO)c1ccc(N2CCCC2c2ccc3cc(F)ccc3n2)cc1. The van der Waals surface area contributed by atoms with Crippen LogP contribution in [-0.4, -0.2) is 22.6 Å². The van der Waals surface area contributed by atoms with Gasteiger partial charge in [-0.05, 0) is 61.4 Å². The fourth-order valence-electron chi connectivity index (χ4n) is 3.55. The fraction of sp³-hybridized carbons (Fsp3) is 0.200. The molecule has 6 heteroatoms. The molecule has 5 nitrogen and oxygen atoms in total. The summed E-state index contributed by atoms with van der Waals surface area (Å²) in [5.41, 5.74) is 4.78. The van der Waals surface area contributed by atoms with E-state index in [1.54, 1.807) is 23.7 Å². The quantitative estimate of drug-likeness (QED) is 0.556. The average molecular weight is 351 g/mol. The minimum atomic E-state index is -0.530. The summed E-state index contributed by atoms with van der Waals surface area (Å²) in [5.74, 6) is -0.792. The van der Waals surface area contributed by atoms with Crippen LogP contribution < -0.4 is 10.4 Å². The third-order valence-electron chi connectivity index (χ3n) is 4.83. The van der Waals surface area contributed by atoms with Crippen LogP contribution in [0.25, 0.3) is 10.9 Å². The van der Waals surface area contributed by atoms with E-state index >= 15 is 0 Å². The molecule has 1 aliphatic rings. The molecule has 1 aromatic heterocycles. The zero-order chi connectivity index (χ0) is 18.1. The van der Waals surface area contributed by atoms with E-state index in [1.807, 2.05) is 24.3 Å². The number of carbonyl (C=O) groups excluding carboxylic acids is 1. The zero-order valence-electron chi connectivity index (χ0n) is 14.0. The predicted molar refractivity (Wildman–Crippen MR) is 96.7 cm³/mol. The van der Waals surface area contributed by atoms with Gasteiger partial charge in [-0.2, -0.15) is 0 Å². The van der Waals surface area contributed by atoms with Gasteiger partial charge in [-0.25, -0.2) is 9.87 Å². The summed E-state index contributed by atoms with van der Waals surface area (Å²) in [4.78, 5) is 18.5. The lowest BCUT2D eigenvalue weighted by atomic mass is 10.1. The summed E-state index contributed by atoms with van der Waals surface area (Å²) in [6.45, 7) is 0.902. The average Bonchev–Trinajstić information content (AvgIpc) is 3.17. The van der Waals surface area contributed by atoms with Gasteiger partial charge in [0.05, 0.1) is 17.3 Å². The van der Waals surface area contributed by atoms with Gasteiger partial charge in [0, 0.05) is 23.2 Å². The highest BCUT2D eigenvalue weighted by molar-refractivity contribution is 5.93. The number of aromatic nitrogens is 1. The fourth-order valence-corrected chi connectivity index (χ4v) is 3.55. The molecule has 132 valence electrons. The smallest absolute Gasteiger partial charge is 0.274 e. The number of nitrogens with zero attached hydrogens (tertiary/aromatic N) is 2. The van der Waals surface area contributed by atoms with E-state index in [-0.39, 0.29) is 11.9 Å². The Morgan fingerprint density at radius 3 is 2.73 bits per heavy atom. The molecule has 1 unspecified atom stereocenters. The molecule has 2 heterocycles. The minimum Gasteiger partial charge on any atom is -0.363 e. The number of hydrogen-bond acceptors (Lipinski definition) is 4. The Balaban J connectivity index is 1.64. The third kappa shape index (κ3) is 2.99. The first-order chi connectivity index (χ1) is 12.7. The van der Waals surface area contributed by atoms with Crippen LogP contribution in [0.5, 0.6) is 0 Å². The number of fused-ring (bicyclic) bond motifs is 1. The van der Waals surface area contributed by atoms with E-state index in [2.05, 4.69) is 4.90 Å². The van der Waals surface area contributed by atoms with Crippen molar-refractivity contribution >= 4 is 22.5 Å². The Morgan fingerprint density at radius 2 is 1.96 bits per heavy atom. The van der Waals surface area contributed by atoms with Crippen LogP contribution in [0, 0.1) is 5.82 Å². The number of carbonyl (C=O) groups is 1. The largest absolute Gasteiger partial charge is 0.363 e. The summed E-state index contributed by atoms with van der Waals surface area (Å²) < 4.78 is 13.4. The van der Waals surface area contributed by atoms with Gasteiger partial charge < -0.3 is 4.90 Å². The number of hydroxylamine groups is 1. The lowest BCUT2D eigenvalue weighted by Gasteiger charge is -2.26. The molecule has 0 saturated carbocycles. The maximum atomic E-state index is 13.4. The highest BCUT2D eigenvalue weighted by atomic mass is 19.1. The summed E-state index contributed by atoms with van der Waals surface area (Å²) in [7, 11) is 0. The van der Waals surface area contributed by atoms with E-state index in [1.165, 1.54) is 12.1 Å². The number of pyridine rings is 1. The van der Waals surface area contributed by atoms with E-state index in [0.29, 0.717) is 5.56 Å². The Labute approximate surface area is 150 Å². The van der Waals surface area contributed by atoms with Crippen molar-refractivity contribution in [2.75, 3.05) is 11.4 Å². The highest BCUT2D eigenvalue weighted by Crippen LogP contribution is 2.36. The molecule has 2 aromatic carbocycles. The van der Waals surface area contributed by atoms with Crippen molar-refractivity contribution < 1.29 is 14.4 Å². The zero-order valence-corrected chi connectivity index (χ0v) is 14.0. The second-order valence-electron chi connectivity index (χ2n) is 6.41. The Kier molecular flexibility index (Phi) is 4.26. The number of hydrogen-bond donors (Lipinski definition) is 2. The van der Waals surface area contributed by atoms with E-state index in [0.717, 1.165) is 41.7 Å². The monoisotopic (exact) mass is 351 g/mol. The van der Waals surface area contributed by atoms with E-state index < -0.39 is 5.91 Å². The van der Waals surface area contributed by atoms with Crippen LogP contribution in [0.4, 0.5) is 10.1 Å². The van der Waals surface area contributed by atoms with Gasteiger partial charge >= 0.3 is 0 Å². The molecule has 0 aliphatic carbocycles. The maximum absolute atomic E-state index is 13.4. The first-order valence-corrected chi connectivity index (χ1v) is 8.53. The lowest BCUT2D eigenvalue weighted by molar-refractivity contribution is 0.0706. The molecular weight excluding hydrogens is 333 g/mol. The molecule has 4 rings (SSSR count). The molecule has 1 atom stereocenters. The normalized spacial score (nSPS) is 16.8. The Hall–Kier alpha value is -2.99. The van der Waals surface area contributed by atoms with Crippen molar-refractivity contribution in [1.29, 1.82) is 0 Å². The van der Waals surface area contributed by atoms with Crippen molar-refractivity contribution in [3.05, 3.63) is 71.7 Å². The molecule has 1 saturated heterocycles. The Bertz CT molecular complexity index is 959. The molecule has 1 aliphatic heterocycles. The van der Waals surface area contributed by atoms with Crippen LogP contribution in [0.2, 0.25) is 0 Å². The van der Waals surface area contributed by atoms with Gasteiger partial charge in [0.2, 0.25) is 0 Å². The van der Waals surface area contributed by atoms with Crippen molar-refractivity contribution in [1.82, 2.24) is 10.5 Å². The molecule has 2 N–H and O–H groups in total. The number of halogens is 1. The number of nitrogens with one attached hydrogen (secondary N) is 1. The molecule has 0 spiro atoms. The van der Waals surface area contributed by atoms with Gasteiger partial charge in [-0.15, -0.1) is 0 Å². The van der Waals surface area contributed by atoms with Gasteiger partial charge in [-0.3, -0.25) is 15.0 Å². The van der Waals surface area contributed by atoms with Crippen molar-refractivity contribution in [3.8, 4) is 0 Å². The van der Waals surface area contributed by atoms with Gasteiger partial charge in [-0.1, -0.05) is 6.07 Å². The first-order valence-electron chi connectivity index (χ1n) is 8.53. The molecule has 0 radical (unpaired) electrons. The standard InChI is InChI=1S/C20H18FN3O2/c21-15-6-10-17-14(12-15)5-9-18(22-17)19-2-1-11-24(19)16-7-3-13(4-8-16)20(25)23-26/h3-10,12,19,26H,1-2,11H2,(H,23,25). The number of amides is 1. The number of anilines is 1. The highest BCUT2D eigenvalue weighted by Gasteiger charge is 2.27. The summed E-state index contributed by atoms with van der Waals surface area (Å²) in [5, 5.41) is 9.51. The third-order valence-corrected chi connectivity index (χ3v) is 4.83. The number of rotatable bonds is 3. The van der Waals surface area contributed by atoms with Gasteiger partial charge in [0.15, 0.2) is 0 Å². The van der Waals surface area contributed by atoms with Crippen molar-refractivity contribution in [2.45, 2.75) is 18.9 Å². The van der Waals surface area contributed by atoms with Crippen LogP contribution in [-0.2, 0) is 0 Å².